The van der Waals surface area contributed by atoms with Gasteiger partial charge in [-0.2, -0.15) is 4.31 Å². The number of sulfonamides is 1. The molecule has 8 heteroatoms. The maximum Gasteiger partial charge on any atom is 0.236 e. The van der Waals surface area contributed by atoms with Crippen LogP contribution in [0.15, 0.2) is 84.3 Å². The first-order chi connectivity index (χ1) is 16.9. The Bertz CT molecular complexity index is 1290. The highest BCUT2D eigenvalue weighted by atomic mass is 32.2. The molecule has 0 atom stereocenters. The lowest BCUT2D eigenvalue weighted by Crippen LogP contribution is -2.40. The number of nitrogens with zero attached hydrogens (tertiary/aromatic N) is 1. The number of hydrogen-bond acceptors (Lipinski definition) is 4. The van der Waals surface area contributed by atoms with E-state index in [-0.39, 0.29) is 37.3 Å². The van der Waals surface area contributed by atoms with E-state index in [2.05, 4.69) is 5.32 Å². The number of ether oxygens (including phenoxy) is 1. The van der Waals surface area contributed by atoms with Gasteiger partial charge in [0.05, 0.1) is 0 Å². The van der Waals surface area contributed by atoms with Gasteiger partial charge in [-0.3, -0.25) is 4.79 Å². The van der Waals surface area contributed by atoms with Gasteiger partial charge in [-0.1, -0.05) is 48.5 Å². The molecule has 182 valence electrons. The standard InChI is InChI=1S/C27H27FN2O4S/c28-24-9-4-8-22(18-24)20-34-26-11-5-10-25(19-26)29-27(31)23-12-15-30(16-13-23)35(32,33)17-14-21-6-2-1-3-7-21/h1-11,14,17-19,23H,12-13,15-16,20H2,(H,29,31). The van der Waals surface area contributed by atoms with E-state index >= 15 is 0 Å². The highest BCUT2D eigenvalue weighted by Gasteiger charge is 2.30. The first-order valence-electron chi connectivity index (χ1n) is 11.4. The summed E-state index contributed by atoms with van der Waals surface area (Å²) in [5.41, 5.74) is 2.11. The second-order valence-electron chi connectivity index (χ2n) is 8.37. The van der Waals surface area contributed by atoms with E-state index in [1.54, 1.807) is 42.5 Å². The van der Waals surface area contributed by atoms with Crippen molar-refractivity contribution in [1.82, 2.24) is 4.31 Å². The zero-order valence-electron chi connectivity index (χ0n) is 19.1. The van der Waals surface area contributed by atoms with Crippen LogP contribution in [0, 0.1) is 11.7 Å². The quantitative estimate of drug-likeness (QED) is 0.475. The lowest BCUT2D eigenvalue weighted by Gasteiger charge is -2.29. The average molecular weight is 495 g/mol. The van der Waals surface area contributed by atoms with Crippen LogP contribution in [0.3, 0.4) is 0 Å². The smallest absolute Gasteiger partial charge is 0.236 e. The molecule has 1 fully saturated rings. The SMILES string of the molecule is O=C(Nc1cccc(OCc2cccc(F)c2)c1)C1CCN(S(=O)(=O)C=Cc2ccccc2)CC1. The Morgan fingerprint density at radius 1 is 1.00 bits per heavy atom. The molecule has 0 saturated carbocycles. The molecule has 6 nitrogen and oxygen atoms in total. The van der Waals surface area contributed by atoms with E-state index in [1.807, 2.05) is 30.3 Å². The van der Waals surface area contributed by atoms with Gasteiger partial charge in [0, 0.05) is 36.2 Å². The molecule has 4 rings (SSSR count). The molecule has 0 radical (unpaired) electrons. The predicted molar refractivity (Wildman–Crippen MR) is 134 cm³/mol. The summed E-state index contributed by atoms with van der Waals surface area (Å²) < 4.78 is 45.8. The van der Waals surface area contributed by atoms with Gasteiger partial charge in [0.2, 0.25) is 15.9 Å². The monoisotopic (exact) mass is 494 g/mol. The van der Waals surface area contributed by atoms with E-state index in [1.165, 1.54) is 21.8 Å². The molecule has 1 aliphatic rings. The number of nitrogens with one attached hydrogen (secondary N) is 1. The molecule has 3 aromatic carbocycles. The average Bonchev–Trinajstić information content (AvgIpc) is 2.87. The molecule has 1 aliphatic heterocycles. The van der Waals surface area contributed by atoms with Crippen molar-refractivity contribution in [2.24, 2.45) is 5.92 Å². The zero-order chi connectivity index (χ0) is 24.7. The van der Waals surface area contributed by atoms with Crippen molar-refractivity contribution in [3.05, 3.63) is 101 Å². The summed E-state index contributed by atoms with van der Waals surface area (Å²) in [5, 5.41) is 4.12. The van der Waals surface area contributed by atoms with Crippen molar-refractivity contribution in [2.45, 2.75) is 19.4 Å². The van der Waals surface area contributed by atoms with Gasteiger partial charge in [-0.05, 0) is 54.3 Å². The third kappa shape index (κ3) is 7.00. The van der Waals surface area contributed by atoms with Crippen LogP contribution >= 0.6 is 0 Å². The van der Waals surface area contributed by atoms with Crippen LogP contribution in [-0.4, -0.2) is 31.7 Å². The van der Waals surface area contributed by atoms with Crippen molar-refractivity contribution in [3.8, 4) is 5.75 Å². The summed E-state index contributed by atoms with van der Waals surface area (Å²) in [6.07, 6.45) is 2.47. The largest absolute Gasteiger partial charge is 0.489 e. The summed E-state index contributed by atoms with van der Waals surface area (Å²) in [4.78, 5) is 12.8. The first-order valence-corrected chi connectivity index (χ1v) is 12.9. The van der Waals surface area contributed by atoms with Crippen molar-refractivity contribution in [2.75, 3.05) is 18.4 Å². The van der Waals surface area contributed by atoms with E-state index in [9.17, 15) is 17.6 Å². The Morgan fingerprint density at radius 2 is 1.74 bits per heavy atom. The normalized spacial score (nSPS) is 15.2. The summed E-state index contributed by atoms with van der Waals surface area (Å²) >= 11 is 0. The van der Waals surface area contributed by atoms with Gasteiger partial charge in [-0.15, -0.1) is 0 Å². The van der Waals surface area contributed by atoms with Crippen molar-refractivity contribution < 1.29 is 22.3 Å². The summed E-state index contributed by atoms with van der Waals surface area (Å²) in [5.74, 6) is -0.197. The maximum absolute atomic E-state index is 13.3. The molecule has 0 spiro atoms. The maximum atomic E-state index is 13.3. The molecule has 0 bridgehead atoms. The number of amides is 1. The van der Waals surface area contributed by atoms with E-state index in [4.69, 9.17) is 4.74 Å². The van der Waals surface area contributed by atoms with Gasteiger partial charge in [-0.25, -0.2) is 12.8 Å². The number of rotatable bonds is 8. The number of benzene rings is 3. The van der Waals surface area contributed by atoms with Gasteiger partial charge in [0.25, 0.3) is 0 Å². The second-order valence-corrected chi connectivity index (χ2v) is 10.2. The minimum absolute atomic E-state index is 0.149. The van der Waals surface area contributed by atoms with Crippen LogP contribution in [0.2, 0.25) is 0 Å². The summed E-state index contributed by atoms with van der Waals surface area (Å²) in [6.45, 7) is 0.785. The Hall–Kier alpha value is -3.49. The molecule has 35 heavy (non-hydrogen) atoms. The molecule has 0 aromatic heterocycles. The molecule has 0 aliphatic carbocycles. The van der Waals surface area contributed by atoms with E-state index in [0.29, 0.717) is 29.8 Å². The Balaban J connectivity index is 1.29. The number of carbonyl (C=O) groups excluding carboxylic acids is 1. The number of hydrogen-bond donors (Lipinski definition) is 1. The van der Waals surface area contributed by atoms with Crippen molar-refractivity contribution in [1.29, 1.82) is 0 Å². The fourth-order valence-electron chi connectivity index (χ4n) is 3.89. The molecular weight excluding hydrogens is 467 g/mol. The lowest BCUT2D eigenvalue weighted by molar-refractivity contribution is -0.120. The van der Waals surface area contributed by atoms with Gasteiger partial charge >= 0.3 is 0 Å². The number of piperidine rings is 1. The predicted octanol–water partition coefficient (Wildman–Crippen LogP) is 5.06. The highest BCUT2D eigenvalue weighted by molar-refractivity contribution is 7.92. The van der Waals surface area contributed by atoms with Gasteiger partial charge < -0.3 is 10.1 Å². The Morgan fingerprint density at radius 3 is 2.49 bits per heavy atom. The zero-order valence-corrected chi connectivity index (χ0v) is 20.0. The summed E-state index contributed by atoms with van der Waals surface area (Å²) in [7, 11) is -3.55. The molecule has 1 saturated heterocycles. The Labute approximate surface area is 205 Å². The fraction of sp³-hybridized carbons (Fsp3) is 0.222. The summed E-state index contributed by atoms with van der Waals surface area (Å²) in [6, 6.07) is 22.5. The van der Waals surface area contributed by atoms with Crippen LogP contribution in [0.4, 0.5) is 10.1 Å². The fourth-order valence-corrected chi connectivity index (χ4v) is 5.11. The number of halogens is 1. The minimum Gasteiger partial charge on any atom is -0.489 e. The molecule has 0 unspecified atom stereocenters. The van der Waals surface area contributed by atoms with Crippen LogP contribution in [-0.2, 0) is 21.4 Å². The van der Waals surface area contributed by atoms with E-state index in [0.717, 1.165) is 5.56 Å². The third-order valence-electron chi connectivity index (χ3n) is 5.81. The molecule has 1 N–H and O–H groups in total. The molecule has 1 heterocycles. The van der Waals surface area contributed by atoms with Crippen molar-refractivity contribution in [3.63, 3.8) is 0 Å². The van der Waals surface area contributed by atoms with Crippen LogP contribution in [0.25, 0.3) is 6.08 Å². The lowest BCUT2D eigenvalue weighted by atomic mass is 9.97. The molecular formula is C27H27FN2O4S. The number of carbonyl (C=O) groups is 1. The highest BCUT2D eigenvalue weighted by Crippen LogP contribution is 2.24. The van der Waals surface area contributed by atoms with Gasteiger partial charge in [0.1, 0.15) is 18.2 Å². The van der Waals surface area contributed by atoms with Crippen LogP contribution in [0.1, 0.15) is 24.0 Å². The minimum atomic E-state index is -3.55. The number of anilines is 1. The first kappa shape index (κ1) is 24.6. The Kier molecular flexibility index (Phi) is 7.94. The van der Waals surface area contributed by atoms with Gasteiger partial charge in [0.15, 0.2) is 0 Å². The molecule has 1 amide bonds. The van der Waals surface area contributed by atoms with E-state index < -0.39 is 10.0 Å². The third-order valence-corrected chi connectivity index (χ3v) is 7.38. The second kappa shape index (κ2) is 11.3. The topological polar surface area (TPSA) is 75.7 Å². The van der Waals surface area contributed by atoms with Crippen LogP contribution in [0.5, 0.6) is 5.75 Å². The van der Waals surface area contributed by atoms with Crippen LogP contribution < -0.4 is 10.1 Å². The van der Waals surface area contributed by atoms with Crippen molar-refractivity contribution >= 4 is 27.7 Å². The molecule has 3 aromatic rings.